The van der Waals surface area contributed by atoms with E-state index in [1.165, 1.54) is 35.6 Å². The molecule has 3 N–H and O–H groups in total. The van der Waals surface area contributed by atoms with Gasteiger partial charge in [-0.25, -0.2) is 14.8 Å². The molecule has 4 aromatic carbocycles. The van der Waals surface area contributed by atoms with E-state index in [1.54, 1.807) is 50.7 Å². The first-order valence-corrected chi connectivity index (χ1v) is 26.6. The lowest BCUT2D eigenvalue weighted by atomic mass is 9.92. The van der Waals surface area contributed by atoms with Crippen molar-refractivity contribution in [1.82, 2.24) is 30.0 Å². The number of hydrogen-bond donors (Lipinski definition) is 3. The van der Waals surface area contributed by atoms with Crippen LogP contribution in [0.25, 0.3) is 32.2 Å². The Labute approximate surface area is 446 Å². The number of aromatic nitrogens is 4. The number of halogens is 3. The van der Waals surface area contributed by atoms with Gasteiger partial charge in [0.15, 0.2) is 10.8 Å². The number of piperidine rings is 2. The van der Waals surface area contributed by atoms with Crippen molar-refractivity contribution in [3.8, 4) is 16.9 Å². The highest BCUT2D eigenvalue weighted by Gasteiger charge is 2.39. The molecule has 77 heavy (non-hydrogen) atoms. The van der Waals surface area contributed by atoms with Crippen LogP contribution in [-0.2, 0) is 45.3 Å². The number of anilines is 3. The van der Waals surface area contributed by atoms with Crippen LogP contribution in [0.2, 0.25) is 0 Å². The van der Waals surface area contributed by atoms with Crippen LogP contribution in [0.3, 0.4) is 0 Å². The van der Waals surface area contributed by atoms with Crippen LogP contribution in [0, 0.1) is 5.92 Å². The Morgan fingerprint density at radius 2 is 1.65 bits per heavy atom. The number of para-hydroxylation sites is 1. The van der Waals surface area contributed by atoms with Gasteiger partial charge in [-0.05, 0) is 144 Å². The Morgan fingerprint density at radius 3 is 2.42 bits per heavy atom. The van der Waals surface area contributed by atoms with Crippen LogP contribution in [0.1, 0.15) is 108 Å². The molecule has 0 radical (unpaired) electrons. The van der Waals surface area contributed by atoms with Gasteiger partial charge in [-0.1, -0.05) is 47.7 Å². The number of pyridine rings is 1. The van der Waals surface area contributed by atoms with Crippen LogP contribution in [0.15, 0.2) is 91.0 Å². The van der Waals surface area contributed by atoms with E-state index in [4.69, 9.17) is 14.5 Å². The zero-order valence-corrected chi connectivity index (χ0v) is 43.9. The van der Waals surface area contributed by atoms with E-state index in [2.05, 4.69) is 30.9 Å². The molecule has 2 fully saturated rings. The Kier molecular flexibility index (Phi) is 14.9. The van der Waals surface area contributed by atoms with Gasteiger partial charge >= 0.3 is 12.1 Å². The molecule has 400 valence electrons. The summed E-state index contributed by atoms with van der Waals surface area (Å²) in [6, 6.07) is 25.7. The first-order valence-electron chi connectivity index (χ1n) is 25.8. The second-order valence-electron chi connectivity index (χ2n) is 20.8. The molecule has 10 rings (SSSR count). The lowest BCUT2D eigenvalue weighted by Gasteiger charge is -2.31. The van der Waals surface area contributed by atoms with Crippen LogP contribution in [0.4, 0.5) is 29.8 Å². The quantitative estimate of drug-likeness (QED) is 0.0532. The number of imide groups is 1. The predicted molar refractivity (Wildman–Crippen MR) is 287 cm³/mol. The lowest BCUT2D eigenvalue weighted by molar-refractivity contribution is -0.138. The number of esters is 1. The molecule has 1 unspecified atom stereocenters. The number of aryl methyl sites for hydroxylation is 1. The number of rotatable bonds is 14. The van der Waals surface area contributed by atoms with Crippen LogP contribution in [-0.4, -0.2) is 92.6 Å². The van der Waals surface area contributed by atoms with Crippen molar-refractivity contribution in [2.75, 3.05) is 48.3 Å². The van der Waals surface area contributed by atoms with Crippen molar-refractivity contribution in [3.63, 3.8) is 0 Å². The molecule has 16 nitrogen and oxygen atoms in total. The number of carbonyl (C=O) groups excluding carboxylic acids is 5. The monoisotopic (exact) mass is 1070 g/mol. The van der Waals surface area contributed by atoms with E-state index in [0.717, 1.165) is 51.5 Å². The summed E-state index contributed by atoms with van der Waals surface area (Å²) in [5, 5.41) is 14.1. The van der Waals surface area contributed by atoms with Crippen molar-refractivity contribution in [3.05, 3.63) is 125 Å². The highest BCUT2D eigenvalue weighted by molar-refractivity contribution is 7.22. The smallest absolute Gasteiger partial charge is 0.420 e. The van der Waals surface area contributed by atoms with Gasteiger partial charge in [0, 0.05) is 54.3 Å². The SMILES string of the molecule is Cn1nc(C2CCC(=O)NC2=O)c2ccc(NC(=O)CN3CCC(CCCOc4cccc(-c5ccc(N6CCc7cccc(C(=O)Nc8nc9ccccc9s8)c7C6)nc5C(=O)OC(C)(C)C)c4C(F)(F)F)CC3)cc21. The van der Waals surface area contributed by atoms with Gasteiger partial charge in [0.1, 0.15) is 22.7 Å². The summed E-state index contributed by atoms with van der Waals surface area (Å²) in [6.45, 7) is 7.30. The van der Waals surface area contributed by atoms with Crippen molar-refractivity contribution in [1.29, 1.82) is 0 Å². The summed E-state index contributed by atoms with van der Waals surface area (Å²) in [7, 11) is 1.77. The number of nitrogens with one attached hydrogen (secondary N) is 3. The van der Waals surface area contributed by atoms with Crippen LogP contribution >= 0.6 is 11.3 Å². The fourth-order valence-corrected chi connectivity index (χ4v) is 11.4. The molecule has 0 aliphatic carbocycles. The number of likely N-dealkylation sites (tertiary alicyclic amines) is 1. The Bertz CT molecular complexity index is 3400. The number of ether oxygens (including phenoxy) is 2. The number of fused-ring (bicyclic) bond motifs is 3. The van der Waals surface area contributed by atoms with E-state index in [0.29, 0.717) is 72.7 Å². The van der Waals surface area contributed by atoms with Crippen molar-refractivity contribution >= 4 is 78.7 Å². The average molecular weight is 1070 g/mol. The molecule has 3 aliphatic heterocycles. The van der Waals surface area contributed by atoms with Gasteiger partial charge in [-0.2, -0.15) is 18.3 Å². The number of benzene rings is 4. The molecule has 1 atom stereocenters. The minimum Gasteiger partial charge on any atom is -0.493 e. The van der Waals surface area contributed by atoms with Crippen molar-refractivity contribution < 1.29 is 46.6 Å². The van der Waals surface area contributed by atoms with E-state index in [1.807, 2.05) is 53.4 Å². The second-order valence-corrected chi connectivity index (χ2v) is 21.8. The molecule has 2 saturated heterocycles. The molecular formula is C57H58F3N9O7S. The summed E-state index contributed by atoms with van der Waals surface area (Å²) >= 11 is 1.37. The predicted octanol–water partition coefficient (Wildman–Crippen LogP) is 10.1. The van der Waals surface area contributed by atoms with E-state index in [9.17, 15) is 24.0 Å². The molecule has 3 aliphatic rings. The first kappa shape index (κ1) is 52.7. The number of hydrogen-bond acceptors (Lipinski definition) is 13. The van der Waals surface area contributed by atoms with Gasteiger partial charge in [-0.15, -0.1) is 0 Å². The molecule has 3 aromatic heterocycles. The molecule has 20 heteroatoms. The van der Waals surface area contributed by atoms with Gasteiger partial charge in [0.2, 0.25) is 17.7 Å². The third kappa shape index (κ3) is 11.8. The van der Waals surface area contributed by atoms with Crippen LogP contribution in [0.5, 0.6) is 5.75 Å². The highest BCUT2D eigenvalue weighted by Crippen LogP contribution is 2.45. The number of amides is 4. The Morgan fingerprint density at radius 1 is 0.857 bits per heavy atom. The maximum atomic E-state index is 15.3. The number of thiazole rings is 1. The lowest BCUT2D eigenvalue weighted by Crippen LogP contribution is -2.39. The molecular weight excluding hydrogens is 1010 g/mol. The van der Waals surface area contributed by atoms with E-state index >= 15 is 13.2 Å². The summed E-state index contributed by atoms with van der Waals surface area (Å²) in [4.78, 5) is 78.5. The fraction of sp³-hybridized carbons (Fsp3) is 0.368. The normalized spacial score (nSPS) is 16.6. The zero-order valence-electron chi connectivity index (χ0n) is 43.1. The summed E-state index contributed by atoms with van der Waals surface area (Å²) < 4.78 is 60.2. The molecule has 0 spiro atoms. The Balaban J connectivity index is 0.774. The topological polar surface area (TPSA) is 190 Å². The van der Waals surface area contributed by atoms with Crippen molar-refractivity contribution in [2.45, 2.75) is 90.0 Å². The summed E-state index contributed by atoms with van der Waals surface area (Å²) in [5.74, 6) is -2.33. The van der Waals surface area contributed by atoms with E-state index < -0.39 is 29.2 Å². The minimum atomic E-state index is -4.87. The van der Waals surface area contributed by atoms with Gasteiger partial charge in [-0.3, -0.25) is 39.4 Å². The third-order valence-electron chi connectivity index (χ3n) is 14.3. The maximum absolute atomic E-state index is 15.3. The highest BCUT2D eigenvalue weighted by atomic mass is 32.1. The number of alkyl halides is 3. The molecule has 7 aromatic rings. The molecule has 0 saturated carbocycles. The minimum absolute atomic E-state index is 0.0261. The fourth-order valence-electron chi connectivity index (χ4n) is 10.5. The van der Waals surface area contributed by atoms with E-state index in [-0.39, 0.29) is 72.3 Å². The average Bonchev–Trinajstić information content (AvgIpc) is 3.97. The number of nitrogens with zero attached hydrogens (tertiary/aromatic N) is 6. The summed E-state index contributed by atoms with van der Waals surface area (Å²) in [5.41, 5.74) is 2.25. The Hall–Kier alpha value is -7.71. The van der Waals surface area contributed by atoms with Gasteiger partial charge in [0.25, 0.3) is 5.91 Å². The second kappa shape index (κ2) is 21.7. The molecule has 6 heterocycles. The largest absolute Gasteiger partial charge is 0.493 e. The van der Waals surface area contributed by atoms with Gasteiger partial charge in [0.05, 0.1) is 40.5 Å². The summed E-state index contributed by atoms with van der Waals surface area (Å²) in [6.07, 6.45) is -0.871. The van der Waals surface area contributed by atoms with Crippen molar-refractivity contribution in [2.24, 2.45) is 13.0 Å². The molecule has 4 amide bonds. The van der Waals surface area contributed by atoms with Crippen LogP contribution < -0.4 is 25.6 Å². The zero-order chi connectivity index (χ0) is 54.2. The number of carbonyl (C=O) groups is 5. The maximum Gasteiger partial charge on any atom is 0.420 e. The van der Waals surface area contributed by atoms with Gasteiger partial charge < -0.3 is 19.7 Å². The third-order valence-corrected chi connectivity index (χ3v) is 15.2. The molecule has 0 bridgehead atoms. The first-order chi connectivity index (χ1) is 36.8. The standard InChI is InChI=1S/C57H58F3N9O7S/c1-56(2,3)76-54(74)51-37(19-21-46(63-51)69-28-25-34-11-7-13-38(41(34)31-69)52(72)65-55-62-42-14-5-6-16-45(42)77-55)36-12-8-15-44(49(36)57(58,59)60)75-29-9-10-33-23-26-68(27-24-33)32-48(71)61-35-17-18-39-43(30-35)67(4)66-50(39)40-20-22-47(70)64-53(40)73/h5-8,11-19,21,30,33,40H,9-10,20,22-29,31-32H2,1-4H3,(H,61,71)(H,62,65,72)(H,64,70,73).